The first-order chi connectivity index (χ1) is 10.2. The lowest BCUT2D eigenvalue weighted by Crippen LogP contribution is -2.42. The number of hydrogen-bond acceptors (Lipinski definition) is 2. The highest BCUT2D eigenvalue weighted by Crippen LogP contribution is 2.33. The van der Waals surface area contributed by atoms with Crippen molar-refractivity contribution in [1.29, 1.82) is 0 Å². The second-order valence-electron chi connectivity index (χ2n) is 6.30. The van der Waals surface area contributed by atoms with Crippen molar-refractivity contribution >= 4 is 5.96 Å². The molecule has 1 aliphatic carbocycles. The number of nitrogens with zero attached hydrogens (tertiary/aromatic N) is 2. The Labute approximate surface area is 131 Å². The molecule has 1 unspecified atom stereocenters. The van der Waals surface area contributed by atoms with Crippen LogP contribution in [0.4, 0.5) is 0 Å². The van der Waals surface area contributed by atoms with E-state index in [1.807, 2.05) is 7.05 Å². The van der Waals surface area contributed by atoms with Crippen molar-refractivity contribution in [1.82, 2.24) is 15.5 Å². The molecule has 1 rings (SSSR count). The Kier molecular flexibility index (Phi) is 9.48. The normalized spacial score (nSPS) is 17.1. The van der Waals surface area contributed by atoms with Crippen LogP contribution in [0.25, 0.3) is 0 Å². The average molecular weight is 297 g/mol. The minimum atomic E-state index is 0.482. The lowest BCUT2D eigenvalue weighted by Gasteiger charge is -2.21. The summed E-state index contributed by atoms with van der Waals surface area (Å²) in [5.41, 5.74) is 0. The van der Waals surface area contributed by atoms with E-state index in [0.717, 1.165) is 31.5 Å². The summed E-state index contributed by atoms with van der Waals surface area (Å²) in [6.07, 6.45) is 7.99. The molecule has 124 valence electrons. The SMILES string of the molecule is CCN(CC)CCCC(C)NC(=NC)NCCCC1CC1. The monoisotopic (exact) mass is 296 g/mol. The summed E-state index contributed by atoms with van der Waals surface area (Å²) in [6, 6.07) is 0.482. The molecule has 0 amide bonds. The largest absolute Gasteiger partial charge is 0.356 e. The van der Waals surface area contributed by atoms with E-state index in [1.54, 1.807) is 0 Å². The van der Waals surface area contributed by atoms with Gasteiger partial charge in [0.2, 0.25) is 0 Å². The fourth-order valence-corrected chi connectivity index (χ4v) is 2.67. The Bertz CT molecular complexity index is 283. The zero-order valence-electron chi connectivity index (χ0n) is 14.6. The standard InChI is InChI=1S/C17H36N4/c1-5-21(6-2)14-8-9-15(3)20-17(18-4)19-13-7-10-16-11-12-16/h15-16H,5-14H2,1-4H3,(H2,18,19,20). The van der Waals surface area contributed by atoms with Gasteiger partial charge in [0, 0.05) is 19.6 Å². The van der Waals surface area contributed by atoms with Gasteiger partial charge < -0.3 is 15.5 Å². The van der Waals surface area contributed by atoms with E-state index in [2.05, 4.69) is 41.3 Å². The lowest BCUT2D eigenvalue weighted by atomic mass is 10.2. The van der Waals surface area contributed by atoms with Gasteiger partial charge in [0.05, 0.1) is 0 Å². The van der Waals surface area contributed by atoms with Gasteiger partial charge >= 0.3 is 0 Å². The molecule has 0 aliphatic heterocycles. The molecule has 0 saturated heterocycles. The van der Waals surface area contributed by atoms with E-state index in [0.29, 0.717) is 6.04 Å². The Morgan fingerprint density at radius 1 is 1.24 bits per heavy atom. The minimum absolute atomic E-state index is 0.482. The van der Waals surface area contributed by atoms with Gasteiger partial charge in [-0.1, -0.05) is 26.7 Å². The molecule has 1 aliphatic rings. The molecule has 4 heteroatoms. The Morgan fingerprint density at radius 2 is 1.95 bits per heavy atom. The van der Waals surface area contributed by atoms with Crippen molar-refractivity contribution < 1.29 is 0 Å². The van der Waals surface area contributed by atoms with Crippen LogP contribution in [0, 0.1) is 5.92 Å². The molecule has 1 saturated carbocycles. The Hall–Kier alpha value is -0.770. The molecular weight excluding hydrogens is 260 g/mol. The zero-order chi connectivity index (χ0) is 15.5. The fraction of sp³-hybridized carbons (Fsp3) is 0.941. The summed E-state index contributed by atoms with van der Waals surface area (Å²) in [7, 11) is 1.86. The number of rotatable bonds is 11. The second-order valence-corrected chi connectivity index (χ2v) is 6.30. The van der Waals surface area contributed by atoms with E-state index >= 15 is 0 Å². The molecule has 21 heavy (non-hydrogen) atoms. The third-order valence-electron chi connectivity index (χ3n) is 4.39. The van der Waals surface area contributed by atoms with E-state index in [-0.39, 0.29) is 0 Å². The molecule has 4 nitrogen and oxygen atoms in total. The summed E-state index contributed by atoms with van der Waals surface area (Å²) >= 11 is 0. The van der Waals surface area contributed by atoms with Crippen molar-refractivity contribution in [3.05, 3.63) is 0 Å². The number of guanidine groups is 1. The summed E-state index contributed by atoms with van der Waals surface area (Å²) in [5.74, 6) is 1.99. The molecule has 0 spiro atoms. The Balaban J connectivity index is 2.07. The highest BCUT2D eigenvalue weighted by molar-refractivity contribution is 5.79. The number of nitrogens with one attached hydrogen (secondary N) is 2. The van der Waals surface area contributed by atoms with Crippen LogP contribution in [0.5, 0.6) is 0 Å². The van der Waals surface area contributed by atoms with Crippen molar-refractivity contribution in [3.63, 3.8) is 0 Å². The highest BCUT2D eigenvalue weighted by Gasteiger charge is 2.20. The van der Waals surface area contributed by atoms with Gasteiger partial charge in [0.25, 0.3) is 0 Å². The van der Waals surface area contributed by atoms with Crippen molar-refractivity contribution in [2.45, 2.75) is 65.3 Å². The van der Waals surface area contributed by atoms with Crippen LogP contribution < -0.4 is 10.6 Å². The predicted molar refractivity (Wildman–Crippen MR) is 92.9 cm³/mol. The summed E-state index contributed by atoms with van der Waals surface area (Å²) < 4.78 is 0. The maximum Gasteiger partial charge on any atom is 0.191 e. The maximum absolute atomic E-state index is 4.32. The molecule has 1 atom stereocenters. The van der Waals surface area contributed by atoms with E-state index in [4.69, 9.17) is 0 Å². The van der Waals surface area contributed by atoms with Gasteiger partial charge in [-0.05, 0) is 58.2 Å². The van der Waals surface area contributed by atoms with Gasteiger partial charge in [0.1, 0.15) is 0 Å². The van der Waals surface area contributed by atoms with E-state index in [9.17, 15) is 0 Å². The first-order valence-electron chi connectivity index (χ1n) is 8.89. The summed E-state index contributed by atoms with van der Waals surface area (Å²) in [6.45, 7) is 11.3. The van der Waals surface area contributed by atoms with Gasteiger partial charge in [-0.15, -0.1) is 0 Å². The third-order valence-corrected chi connectivity index (χ3v) is 4.39. The smallest absolute Gasteiger partial charge is 0.191 e. The van der Waals surface area contributed by atoms with Gasteiger partial charge in [-0.25, -0.2) is 0 Å². The molecular formula is C17H36N4. The second kappa shape index (κ2) is 10.9. The third kappa shape index (κ3) is 8.97. The van der Waals surface area contributed by atoms with Crippen LogP contribution in [0.1, 0.15) is 59.3 Å². The average Bonchev–Trinajstić information content (AvgIpc) is 3.31. The van der Waals surface area contributed by atoms with Crippen molar-refractivity contribution in [2.24, 2.45) is 10.9 Å². The molecule has 0 radical (unpaired) electrons. The number of hydrogen-bond donors (Lipinski definition) is 2. The lowest BCUT2D eigenvalue weighted by molar-refractivity contribution is 0.292. The minimum Gasteiger partial charge on any atom is -0.356 e. The molecule has 0 heterocycles. The maximum atomic E-state index is 4.32. The quantitative estimate of drug-likeness (QED) is 0.350. The highest BCUT2D eigenvalue weighted by atomic mass is 15.2. The van der Waals surface area contributed by atoms with E-state index < -0.39 is 0 Å². The van der Waals surface area contributed by atoms with E-state index in [1.165, 1.54) is 45.1 Å². The molecule has 0 bridgehead atoms. The van der Waals surface area contributed by atoms with Crippen LogP contribution in [0.2, 0.25) is 0 Å². The topological polar surface area (TPSA) is 39.7 Å². The fourth-order valence-electron chi connectivity index (χ4n) is 2.67. The summed E-state index contributed by atoms with van der Waals surface area (Å²) in [5, 5.41) is 6.93. The van der Waals surface area contributed by atoms with Crippen LogP contribution in [0.15, 0.2) is 4.99 Å². The first-order valence-corrected chi connectivity index (χ1v) is 8.89. The number of aliphatic imine (C=N–C) groups is 1. The van der Waals surface area contributed by atoms with Gasteiger partial charge in [-0.2, -0.15) is 0 Å². The van der Waals surface area contributed by atoms with Crippen molar-refractivity contribution in [2.75, 3.05) is 33.2 Å². The molecule has 0 aromatic rings. The van der Waals surface area contributed by atoms with Crippen LogP contribution in [-0.2, 0) is 0 Å². The molecule has 0 aromatic heterocycles. The van der Waals surface area contributed by atoms with Crippen LogP contribution in [0.3, 0.4) is 0 Å². The first kappa shape index (κ1) is 18.3. The van der Waals surface area contributed by atoms with Crippen LogP contribution >= 0.6 is 0 Å². The predicted octanol–water partition coefficient (Wildman–Crippen LogP) is 2.85. The van der Waals surface area contributed by atoms with Gasteiger partial charge in [-0.3, -0.25) is 4.99 Å². The van der Waals surface area contributed by atoms with Crippen LogP contribution in [-0.4, -0.2) is 50.1 Å². The molecule has 0 aromatic carbocycles. The zero-order valence-corrected chi connectivity index (χ0v) is 14.6. The molecule has 2 N–H and O–H groups in total. The summed E-state index contributed by atoms with van der Waals surface area (Å²) in [4.78, 5) is 6.80. The Morgan fingerprint density at radius 3 is 2.52 bits per heavy atom. The van der Waals surface area contributed by atoms with Gasteiger partial charge in [0.15, 0.2) is 5.96 Å². The van der Waals surface area contributed by atoms with Crippen molar-refractivity contribution in [3.8, 4) is 0 Å². The molecule has 1 fully saturated rings.